The molecule has 0 N–H and O–H groups in total. The molecule has 0 bridgehead atoms. The molecule has 2 aliphatic heterocycles. The van der Waals surface area contributed by atoms with Crippen molar-refractivity contribution in [1.82, 2.24) is 4.90 Å². The highest BCUT2D eigenvalue weighted by atomic mass is 19.4. The number of fused-ring (bicyclic) bond motifs is 1. The molecule has 0 aromatic heterocycles. The van der Waals surface area contributed by atoms with Crippen molar-refractivity contribution in [3.05, 3.63) is 0 Å². The first-order chi connectivity index (χ1) is 11.2. The summed E-state index contributed by atoms with van der Waals surface area (Å²) in [6.45, 7) is 4.58. The molecule has 24 heavy (non-hydrogen) atoms. The van der Waals surface area contributed by atoms with Gasteiger partial charge >= 0.3 is 12.1 Å². The molecule has 0 spiro atoms. The van der Waals surface area contributed by atoms with E-state index in [2.05, 4.69) is 13.8 Å². The lowest BCUT2D eigenvalue weighted by Gasteiger charge is -2.58. The summed E-state index contributed by atoms with van der Waals surface area (Å²) in [7, 11) is 0. The van der Waals surface area contributed by atoms with Crippen LogP contribution in [0.15, 0.2) is 0 Å². The van der Waals surface area contributed by atoms with Gasteiger partial charge in [-0.05, 0) is 38.8 Å². The number of rotatable bonds is 3. The molecule has 0 radical (unpaired) electrons. The van der Waals surface area contributed by atoms with Gasteiger partial charge in [0.1, 0.15) is 6.10 Å². The molecule has 3 aliphatic rings. The number of halogens is 3. The zero-order chi connectivity index (χ0) is 17.5. The van der Waals surface area contributed by atoms with E-state index < -0.39 is 12.7 Å². The zero-order valence-corrected chi connectivity index (χ0v) is 14.3. The minimum atomic E-state index is -4.18. The number of ether oxygens (including phenoxy) is 2. The Morgan fingerprint density at radius 2 is 1.92 bits per heavy atom. The van der Waals surface area contributed by atoms with Gasteiger partial charge < -0.3 is 9.47 Å². The molecule has 3 fully saturated rings. The summed E-state index contributed by atoms with van der Waals surface area (Å²) in [5.74, 6) is -0.263. The molecule has 0 amide bonds. The molecule has 3 unspecified atom stereocenters. The Morgan fingerprint density at radius 1 is 1.25 bits per heavy atom. The van der Waals surface area contributed by atoms with Crippen molar-refractivity contribution >= 4 is 5.97 Å². The highest BCUT2D eigenvalue weighted by molar-refractivity contribution is 5.73. The first-order valence-electron chi connectivity index (χ1n) is 8.79. The number of hydrogen-bond donors (Lipinski definition) is 0. The Balaban J connectivity index is 1.50. The maximum atomic E-state index is 12.5. The quantitative estimate of drug-likeness (QED) is 0.734. The van der Waals surface area contributed by atoms with E-state index >= 15 is 0 Å². The maximum Gasteiger partial charge on any atom is 0.401 e. The minimum Gasteiger partial charge on any atom is -0.461 e. The van der Waals surface area contributed by atoms with Crippen molar-refractivity contribution in [2.45, 2.75) is 57.9 Å². The molecule has 0 aromatic carbocycles. The van der Waals surface area contributed by atoms with Gasteiger partial charge in [0.05, 0.1) is 18.6 Å². The summed E-state index contributed by atoms with van der Waals surface area (Å²) in [5.41, 5.74) is -0.183. The highest BCUT2D eigenvalue weighted by Crippen LogP contribution is 2.53. The van der Waals surface area contributed by atoms with Crippen LogP contribution in [0.1, 0.15) is 39.5 Å². The Labute approximate surface area is 140 Å². The average Bonchev–Trinajstić information content (AvgIpc) is 2.51. The molecule has 7 heteroatoms. The van der Waals surface area contributed by atoms with E-state index in [0.29, 0.717) is 25.9 Å². The van der Waals surface area contributed by atoms with Gasteiger partial charge in [-0.25, -0.2) is 0 Å². The van der Waals surface area contributed by atoms with E-state index in [9.17, 15) is 18.0 Å². The van der Waals surface area contributed by atoms with E-state index in [0.717, 1.165) is 19.4 Å². The van der Waals surface area contributed by atoms with Gasteiger partial charge in [-0.1, -0.05) is 13.8 Å². The maximum absolute atomic E-state index is 12.5. The number of carbonyl (C=O) groups excluding carboxylic acids is 1. The van der Waals surface area contributed by atoms with Crippen molar-refractivity contribution in [3.8, 4) is 0 Å². The Hall–Kier alpha value is -0.820. The Kier molecular flexibility index (Phi) is 4.86. The second-order valence-electron chi connectivity index (χ2n) is 7.94. The number of esters is 1. The fourth-order valence-corrected chi connectivity index (χ4v) is 4.52. The van der Waals surface area contributed by atoms with Crippen molar-refractivity contribution in [3.63, 3.8) is 0 Å². The molecular formula is C17H26F3NO3. The van der Waals surface area contributed by atoms with Crippen molar-refractivity contribution < 1.29 is 27.4 Å². The first kappa shape index (κ1) is 18.0. The van der Waals surface area contributed by atoms with E-state index in [1.165, 1.54) is 4.90 Å². The van der Waals surface area contributed by atoms with Crippen molar-refractivity contribution in [2.75, 3.05) is 26.2 Å². The molecule has 3 atom stereocenters. The van der Waals surface area contributed by atoms with Crippen molar-refractivity contribution in [2.24, 2.45) is 17.3 Å². The molecule has 2 heterocycles. The standard InChI is InChI=1S/C17H26F3NO3/c1-16(2)13-12(4-3-9-23-13)14(16)24-15(22)11-5-7-21(8-6-11)10-17(18,19)20/h11-14H,3-10H2,1-2H3. The molecule has 0 aromatic rings. The predicted octanol–water partition coefficient (Wildman–Crippen LogP) is 3.01. The fraction of sp³-hybridized carbons (Fsp3) is 0.941. The van der Waals surface area contributed by atoms with E-state index in [1.807, 2.05) is 0 Å². The normalized spacial score (nSPS) is 34.3. The SMILES string of the molecule is CC1(C)C2OCCCC2C1OC(=O)C1CCN(CC(F)(F)F)CC1. The largest absolute Gasteiger partial charge is 0.461 e. The van der Waals surface area contributed by atoms with Gasteiger partial charge in [0.25, 0.3) is 0 Å². The van der Waals surface area contributed by atoms with E-state index in [4.69, 9.17) is 9.47 Å². The van der Waals surface area contributed by atoms with Crippen LogP contribution in [-0.4, -0.2) is 55.5 Å². The van der Waals surface area contributed by atoms with E-state index in [1.54, 1.807) is 0 Å². The zero-order valence-electron chi connectivity index (χ0n) is 14.3. The second-order valence-corrected chi connectivity index (χ2v) is 7.94. The van der Waals surface area contributed by atoms with Crippen LogP contribution in [0.5, 0.6) is 0 Å². The minimum absolute atomic E-state index is 0.136. The monoisotopic (exact) mass is 349 g/mol. The number of carbonyl (C=O) groups is 1. The van der Waals surface area contributed by atoms with Gasteiger partial charge in [0, 0.05) is 17.9 Å². The number of hydrogen-bond acceptors (Lipinski definition) is 4. The van der Waals surface area contributed by atoms with Crippen LogP contribution < -0.4 is 0 Å². The van der Waals surface area contributed by atoms with Crippen LogP contribution in [0.3, 0.4) is 0 Å². The van der Waals surface area contributed by atoms with Crippen LogP contribution in [-0.2, 0) is 14.3 Å². The summed E-state index contributed by atoms with van der Waals surface area (Å²) in [5, 5.41) is 0. The summed E-state index contributed by atoms with van der Waals surface area (Å²) in [6.07, 6.45) is -1.29. The third-order valence-electron chi connectivity index (χ3n) is 5.79. The lowest BCUT2D eigenvalue weighted by Crippen LogP contribution is -2.65. The third-order valence-corrected chi connectivity index (χ3v) is 5.79. The van der Waals surface area contributed by atoms with Crippen LogP contribution >= 0.6 is 0 Å². The molecular weight excluding hydrogens is 323 g/mol. The van der Waals surface area contributed by atoms with Gasteiger partial charge in [-0.2, -0.15) is 13.2 Å². The molecule has 2 saturated heterocycles. The molecule has 1 saturated carbocycles. The molecule has 1 aliphatic carbocycles. The van der Waals surface area contributed by atoms with Crippen LogP contribution in [0, 0.1) is 17.3 Å². The van der Waals surface area contributed by atoms with Crippen LogP contribution in [0.2, 0.25) is 0 Å². The number of nitrogens with zero attached hydrogens (tertiary/aromatic N) is 1. The summed E-state index contributed by atoms with van der Waals surface area (Å²) in [4.78, 5) is 13.8. The van der Waals surface area contributed by atoms with Crippen LogP contribution in [0.25, 0.3) is 0 Å². The Morgan fingerprint density at radius 3 is 2.54 bits per heavy atom. The smallest absolute Gasteiger partial charge is 0.401 e. The summed E-state index contributed by atoms with van der Waals surface area (Å²) < 4.78 is 48.9. The number of likely N-dealkylation sites (tertiary alicyclic amines) is 1. The first-order valence-corrected chi connectivity index (χ1v) is 8.79. The van der Waals surface area contributed by atoms with Crippen molar-refractivity contribution in [1.29, 1.82) is 0 Å². The molecule has 138 valence electrons. The van der Waals surface area contributed by atoms with Gasteiger partial charge in [-0.15, -0.1) is 0 Å². The number of piperidine rings is 1. The lowest BCUT2D eigenvalue weighted by molar-refractivity contribution is -0.256. The van der Waals surface area contributed by atoms with Gasteiger partial charge in [0.2, 0.25) is 0 Å². The summed E-state index contributed by atoms with van der Waals surface area (Å²) >= 11 is 0. The molecule has 4 nitrogen and oxygen atoms in total. The second kappa shape index (κ2) is 6.48. The fourth-order valence-electron chi connectivity index (χ4n) is 4.52. The average molecular weight is 349 g/mol. The third kappa shape index (κ3) is 3.57. The van der Waals surface area contributed by atoms with E-state index in [-0.39, 0.29) is 35.4 Å². The predicted molar refractivity (Wildman–Crippen MR) is 81.3 cm³/mol. The lowest BCUT2D eigenvalue weighted by atomic mass is 9.56. The topological polar surface area (TPSA) is 38.8 Å². The summed E-state index contributed by atoms with van der Waals surface area (Å²) in [6, 6.07) is 0. The van der Waals surface area contributed by atoms with Gasteiger partial charge in [-0.3, -0.25) is 9.69 Å². The Bertz CT molecular complexity index is 472. The molecule has 3 rings (SSSR count). The number of alkyl halides is 3. The van der Waals surface area contributed by atoms with Gasteiger partial charge in [0.15, 0.2) is 0 Å². The highest BCUT2D eigenvalue weighted by Gasteiger charge is 2.60. The van der Waals surface area contributed by atoms with Crippen LogP contribution in [0.4, 0.5) is 13.2 Å².